The summed E-state index contributed by atoms with van der Waals surface area (Å²) >= 11 is 0. The van der Waals surface area contributed by atoms with Crippen LogP contribution in [0.5, 0.6) is 5.75 Å². The summed E-state index contributed by atoms with van der Waals surface area (Å²) in [6, 6.07) is 16.0. The number of rotatable bonds is 7. The van der Waals surface area contributed by atoms with Crippen molar-refractivity contribution >= 4 is 0 Å². The van der Waals surface area contributed by atoms with Crippen molar-refractivity contribution in [2.75, 3.05) is 26.2 Å². The fourth-order valence-corrected chi connectivity index (χ4v) is 3.55. The number of ether oxygens (including phenoxy) is 1. The molecule has 164 valence electrons. The Morgan fingerprint density at radius 3 is 2.03 bits per heavy atom. The molecule has 0 unspecified atom stereocenters. The first-order valence-electron chi connectivity index (χ1n) is 10.1. The Morgan fingerprint density at radius 2 is 1.39 bits per heavy atom. The van der Waals surface area contributed by atoms with Gasteiger partial charge in [-0.3, -0.25) is 9.80 Å². The van der Waals surface area contributed by atoms with Crippen LogP contribution in [0.25, 0.3) is 0 Å². The molecular weight excluding hydrogens is 409 g/mol. The first-order chi connectivity index (χ1) is 14.9. The third-order valence-corrected chi connectivity index (χ3v) is 5.09. The summed E-state index contributed by atoms with van der Waals surface area (Å²) in [5, 5.41) is 8.31. The van der Waals surface area contributed by atoms with Gasteiger partial charge in [0.15, 0.2) is 0 Å². The molecule has 0 radical (unpaired) electrons. The van der Waals surface area contributed by atoms with E-state index in [9.17, 15) is 13.2 Å². The first-order valence-corrected chi connectivity index (χ1v) is 10.1. The molecule has 6 nitrogen and oxygen atoms in total. The molecule has 9 heteroatoms. The van der Waals surface area contributed by atoms with Crippen LogP contribution in [0, 0.1) is 0 Å². The van der Waals surface area contributed by atoms with E-state index < -0.39 is 6.36 Å². The molecule has 1 aromatic heterocycles. The quantitative estimate of drug-likeness (QED) is 0.565. The van der Waals surface area contributed by atoms with Crippen molar-refractivity contribution in [2.24, 2.45) is 0 Å². The summed E-state index contributed by atoms with van der Waals surface area (Å²) in [5.74, 6) is 1.02. The smallest absolute Gasteiger partial charge is 0.424 e. The summed E-state index contributed by atoms with van der Waals surface area (Å²) in [7, 11) is 0. The number of benzene rings is 2. The molecule has 1 aliphatic rings. The van der Waals surface area contributed by atoms with Crippen molar-refractivity contribution in [1.29, 1.82) is 0 Å². The van der Waals surface area contributed by atoms with Gasteiger partial charge in [0.2, 0.25) is 11.8 Å². The highest BCUT2D eigenvalue weighted by atomic mass is 19.4. The van der Waals surface area contributed by atoms with Gasteiger partial charge in [-0.15, -0.1) is 23.4 Å². The largest absolute Gasteiger partial charge is 0.573 e. The fourth-order valence-electron chi connectivity index (χ4n) is 3.55. The first kappa shape index (κ1) is 21.3. The Labute approximate surface area is 178 Å². The molecule has 0 spiro atoms. The molecule has 1 fully saturated rings. The zero-order valence-corrected chi connectivity index (χ0v) is 16.9. The standard InChI is InChI=1S/C22H23F3N4O2/c23-22(24,25)31-19-8-6-18(7-9-19)15-28-10-12-29(13-11-28)16-21-27-26-20(30-21)14-17-4-2-1-3-5-17/h1-9H,10-16H2. The van der Waals surface area contributed by atoms with E-state index in [1.165, 1.54) is 12.1 Å². The van der Waals surface area contributed by atoms with Gasteiger partial charge in [-0.25, -0.2) is 0 Å². The number of nitrogens with zero attached hydrogens (tertiary/aromatic N) is 4. The van der Waals surface area contributed by atoms with Crippen molar-refractivity contribution < 1.29 is 22.3 Å². The molecule has 3 aromatic rings. The number of alkyl halides is 3. The third kappa shape index (κ3) is 6.53. The lowest BCUT2D eigenvalue weighted by Crippen LogP contribution is -2.45. The van der Waals surface area contributed by atoms with E-state index in [-0.39, 0.29) is 5.75 Å². The normalized spacial score (nSPS) is 15.8. The van der Waals surface area contributed by atoms with Gasteiger partial charge in [-0.1, -0.05) is 42.5 Å². The van der Waals surface area contributed by atoms with Gasteiger partial charge in [-0.05, 0) is 23.3 Å². The van der Waals surface area contributed by atoms with E-state index >= 15 is 0 Å². The lowest BCUT2D eigenvalue weighted by molar-refractivity contribution is -0.274. The Balaban J connectivity index is 1.22. The summed E-state index contributed by atoms with van der Waals surface area (Å²) in [6.07, 6.45) is -4.05. The molecule has 0 amide bonds. The summed E-state index contributed by atoms with van der Waals surface area (Å²) in [5.41, 5.74) is 2.08. The number of hydrogen-bond donors (Lipinski definition) is 0. The van der Waals surface area contributed by atoms with Crippen LogP contribution in [0.1, 0.15) is 22.9 Å². The molecule has 0 N–H and O–H groups in total. The van der Waals surface area contributed by atoms with Gasteiger partial charge in [0.25, 0.3) is 0 Å². The van der Waals surface area contributed by atoms with Gasteiger partial charge >= 0.3 is 6.36 Å². The van der Waals surface area contributed by atoms with E-state index in [0.717, 1.165) is 37.3 Å². The SMILES string of the molecule is FC(F)(F)Oc1ccc(CN2CCN(Cc3nnc(Cc4ccccc4)o3)CC2)cc1. The van der Waals surface area contributed by atoms with E-state index in [1.54, 1.807) is 12.1 Å². The summed E-state index contributed by atoms with van der Waals surface area (Å²) in [4.78, 5) is 4.53. The maximum Gasteiger partial charge on any atom is 0.573 e. The van der Waals surface area contributed by atoms with Gasteiger partial charge in [-0.2, -0.15) is 0 Å². The molecule has 1 saturated heterocycles. The monoisotopic (exact) mass is 432 g/mol. The molecule has 2 aromatic carbocycles. The van der Waals surface area contributed by atoms with E-state index in [4.69, 9.17) is 4.42 Å². The number of piperazine rings is 1. The molecular formula is C22H23F3N4O2. The van der Waals surface area contributed by atoms with E-state index in [1.807, 2.05) is 30.3 Å². The minimum Gasteiger partial charge on any atom is -0.424 e. The van der Waals surface area contributed by atoms with Crippen LogP contribution in [0.2, 0.25) is 0 Å². The van der Waals surface area contributed by atoms with Crippen molar-refractivity contribution in [3.63, 3.8) is 0 Å². The minimum absolute atomic E-state index is 0.202. The zero-order valence-electron chi connectivity index (χ0n) is 16.9. The van der Waals surface area contributed by atoms with Crippen LogP contribution in [-0.2, 0) is 19.5 Å². The van der Waals surface area contributed by atoms with Crippen LogP contribution in [0.15, 0.2) is 59.0 Å². The highest BCUT2D eigenvalue weighted by Gasteiger charge is 2.31. The van der Waals surface area contributed by atoms with Crippen molar-refractivity contribution in [1.82, 2.24) is 20.0 Å². The van der Waals surface area contributed by atoms with Crippen LogP contribution >= 0.6 is 0 Å². The van der Waals surface area contributed by atoms with Gasteiger partial charge in [0, 0.05) is 32.7 Å². The number of hydrogen-bond acceptors (Lipinski definition) is 6. The van der Waals surface area contributed by atoms with Crippen LogP contribution in [0.3, 0.4) is 0 Å². The lowest BCUT2D eigenvalue weighted by Gasteiger charge is -2.33. The van der Waals surface area contributed by atoms with Crippen molar-refractivity contribution in [3.8, 4) is 5.75 Å². The average Bonchev–Trinajstić information content (AvgIpc) is 3.17. The second-order valence-electron chi connectivity index (χ2n) is 7.50. The van der Waals surface area contributed by atoms with Gasteiger partial charge in [0.05, 0.1) is 13.0 Å². The number of aromatic nitrogens is 2. The van der Waals surface area contributed by atoms with Crippen molar-refractivity contribution in [2.45, 2.75) is 25.9 Å². The summed E-state index contributed by atoms with van der Waals surface area (Å²) in [6.45, 7) is 4.70. The predicted molar refractivity (Wildman–Crippen MR) is 107 cm³/mol. The maximum atomic E-state index is 12.3. The molecule has 2 heterocycles. The molecule has 0 atom stereocenters. The molecule has 31 heavy (non-hydrogen) atoms. The predicted octanol–water partition coefficient (Wildman–Crippen LogP) is 3.88. The average molecular weight is 432 g/mol. The Hall–Kier alpha value is -2.91. The molecule has 0 aliphatic carbocycles. The van der Waals surface area contributed by atoms with Crippen LogP contribution < -0.4 is 4.74 Å². The topological polar surface area (TPSA) is 54.6 Å². The van der Waals surface area contributed by atoms with E-state index in [2.05, 4.69) is 24.7 Å². The Bertz CT molecular complexity index is 953. The third-order valence-electron chi connectivity index (χ3n) is 5.09. The van der Waals surface area contributed by atoms with Crippen LogP contribution in [-0.4, -0.2) is 52.5 Å². The Morgan fingerprint density at radius 1 is 0.774 bits per heavy atom. The van der Waals surface area contributed by atoms with Crippen LogP contribution in [0.4, 0.5) is 13.2 Å². The second kappa shape index (κ2) is 9.49. The number of halogens is 3. The molecule has 4 rings (SSSR count). The minimum atomic E-state index is -4.67. The van der Waals surface area contributed by atoms with Gasteiger partial charge < -0.3 is 9.15 Å². The highest BCUT2D eigenvalue weighted by molar-refractivity contribution is 5.27. The maximum absolute atomic E-state index is 12.3. The van der Waals surface area contributed by atoms with E-state index in [0.29, 0.717) is 31.3 Å². The van der Waals surface area contributed by atoms with Gasteiger partial charge in [0.1, 0.15) is 5.75 Å². The molecule has 1 aliphatic heterocycles. The molecule has 0 bridgehead atoms. The zero-order chi connectivity index (χ0) is 21.7. The second-order valence-corrected chi connectivity index (χ2v) is 7.50. The fraction of sp³-hybridized carbons (Fsp3) is 0.364. The molecule has 0 saturated carbocycles. The summed E-state index contributed by atoms with van der Waals surface area (Å²) < 4.78 is 46.5. The highest BCUT2D eigenvalue weighted by Crippen LogP contribution is 2.23. The lowest BCUT2D eigenvalue weighted by atomic mass is 10.2. The Kier molecular flexibility index (Phi) is 6.53. The van der Waals surface area contributed by atoms with Crippen molar-refractivity contribution in [3.05, 3.63) is 77.5 Å².